The maximum Gasteiger partial charge on any atom is 4.00 e. The van der Waals surface area contributed by atoms with E-state index in [1.54, 1.807) is 0 Å². The van der Waals surface area contributed by atoms with Crippen LogP contribution in [0.1, 0.15) is 0 Å². The van der Waals surface area contributed by atoms with Gasteiger partial charge in [-0.15, -0.1) is 59.3 Å². The van der Waals surface area contributed by atoms with Gasteiger partial charge in [-0.1, -0.05) is 38.3 Å². The molecule has 0 N–H and O–H groups in total. The van der Waals surface area contributed by atoms with Crippen LogP contribution in [-0.4, -0.2) is 19.0 Å². The van der Waals surface area contributed by atoms with Gasteiger partial charge in [0.2, 0.25) is 0 Å². The van der Waals surface area contributed by atoms with Crippen molar-refractivity contribution in [2.75, 3.05) is 0 Å². The molecule has 4 rings (SSSR count). The summed E-state index contributed by atoms with van der Waals surface area (Å²) in [7, 11) is 2.17. The molecule has 140 valence electrons. The summed E-state index contributed by atoms with van der Waals surface area (Å²) < 4.78 is 0. The zero-order valence-corrected chi connectivity index (χ0v) is 22.3. The van der Waals surface area contributed by atoms with Crippen LogP contribution < -0.4 is 24.8 Å². The van der Waals surface area contributed by atoms with Gasteiger partial charge in [-0.05, 0) is 0 Å². The van der Waals surface area contributed by atoms with Crippen molar-refractivity contribution in [1.29, 1.82) is 0 Å². The smallest absolute Gasteiger partial charge is 1.00 e. The van der Waals surface area contributed by atoms with E-state index in [2.05, 4.69) is 111 Å². The zero-order valence-electron chi connectivity index (χ0n) is 16.3. The van der Waals surface area contributed by atoms with Gasteiger partial charge in [-0.25, -0.2) is 0 Å². The molecule has 5 heteroatoms. The van der Waals surface area contributed by atoms with Gasteiger partial charge in [-0.2, -0.15) is 35.0 Å². The molecule has 4 aromatic carbocycles. The Labute approximate surface area is 201 Å². The molecule has 0 saturated carbocycles. The van der Waals surface area contributed by atoms with Crippen LogP contribution in [0.25, 0.3) is 21.5 Å². The molecule has 0 aromatic heterocycles. The van der Waals surface area contributed by atoms with Crippen LogP contribution in [0.4, 0.5) is 0 Å². The van der Waals surface area contributed by atoms with Crippen molar-refractivity contribution in [3.05, 3.63) is 84.9 Å². The van der Waals surface area contributed by atoms with E-state index in [1.165, 1.54) is 21.5 Å². The van der Waals surface area contributed by atoms with Crippen molar-refractivity contribution in [3.8, 4) is 0 Å². The Hall–Kier alpha value is -0.443. The van der Waals surface area contributed by atoms with E-state index < -0.39 is 0 Å². The first-order chi connectivity index (χ1) is 11.8. The van der Waals surface area contributed by atoms with Gasteiger partial charge >= 0.3 is 26.2 Å². The molecule has 4 radical (unpaired) electrons. The maximum atomic E-state index is 2.15. The molecule has 0 fully saturated rings. The third-order valence-corrected chi connectivity index (χ3v) is 3.10. The van der Waals surface area contributed by atoms with Gasteiger partial charge in [0, 0.05) is 19.0 Å². The molecule has 0 heterocycles. The van der Waals surface area contributed by atoms with Gasteiger partial charge in [0.25, 0.3) is 0 Å². The Morgan fingerprint density at radius 3 is 1.15 bits per heavy atom. The quantitative estimate of drug-likeness (QED) is 0.242. The Balaban J connectivity index is -0.000000307. The fraction of sp³-hybridized carbons (Fsp3) is 0.182. The zero-order chi connectivity index (χ0) is 17.6. The predicted octanol–water partition coefficient (Wildman–Crippen LogP) is 0.697. The van der Waals surface area contributed by atoms with Gasteiger partial charge in [-0.3, -0.25) is 0 Å². The van der Waals surface area contributed by atoms with Crippen LogP contribution in [0.3, 0.4) is 0 Å². The van der Waals surface area contributed by atoms with Crippen LogP contribution >= 0.6 is 0 Å². The van der Waals surface area contributed by atoms with E-state index in [1.807, 2.05) is 0 Å². The first kappa shape index (κ1) is 31.3. The SMILES string of the molecule is C[Si]C.C[Si]C.[Cl-].[Cl-].[Zr+4].c1ccc2[cH-]ccc2c1.c1ccc2[cH-]ccc2c1. The minimum absolute atomic E-state index is 0. The molecule has 27 heavy (non-hydrogen) atoms. The Morgan fingerprint density at radius 2 is 0.852 bits per heavy atom. The molecule has 0 atom stereocenters. The number of hydrogen-bond acceptors (Lipinski definition) is 0. The van der Waals surface area contributed by atoms with Crippen LogP contribution in [0.15, 0.2) is 84.9 Å². The second-order valence-corrected chi connectivity index (χ2v) is 7.31. The normalized spacial score (nSPS) is 8.15. The summed E-state index contributed by atoms with van der Waals surface area (Å²) in [5.74, 6) is 0. The van der Waals surface area contributed by atoms with Crippen molar-refractivity contribution in [1.82, 2.24) is 0 Å². The van der Waals surface area contributed by atoms with Crippen LogP contribution in [0, 0.1) is 0 Å². The minimum Gasteiger partial charge on any atom is -1.00 e. The molecular formula is C22H26Cl2Si2Zr. The van der Waals surface area contributed by atoms with Gasteiger partial charge in [0.05, 0.1) is 0 Å². The van der Waals surface area contributed by atoms with E-state index in [-0.39, 0.29) is 51.0 Å². The summed E-state index contributed by atoms with van der Waals surface area (Å²) in [6.07, 6.45) is 0. The van der Waals surface area contributed by atoms with Gasteiger partial charge in [0.15, 0.2) is 0 Å². The number of fused-ring (bicyclic) bond motifs is 2. The van der Waals surface area contributed by atoms with Gasteiger partial charge in [0.1, 0.15) is 0 Å². The minimum atomic E-state index is 0. The second kappa shape index (κ2) is 20.3. The summed E-state index contributed by atoms with van der Waals surface area (Å²) in [5.41, 5.74) is 0. The van der Waals surface area contributed by atoms with Crippen LogP contribution in [0.2, 0.25) is 26.2 Å². The Bertz CT molecular complexity index is 668. The van der Waals surface area contributed by atoms with E-state index in [0.717, 1.165) is 19.0 Å². The number of rotatable bonds is 0. The molecule has 0 bridgehead atoms. The maximum absolute atomic E-state index is 2.15. The summed E-state index contributed by atoms with van der Waals surface area (Å²) in [5, 5.41) is 5.32. The fourth-order valence-corrected chi connectivity index (χ4v) is 2.14. The number of hydrogen-bond donors (Lipinski definition) is 0. The molecule has 0 aliphatic carbocycles. The van der Waals surface area contributed by atoms with Crippen LogP contribution in [-0.2, 0) is 26.2 Å². The predicted molar refractivity (Wildman–Crippen MR) is 114 cm³/mol. The number of benzene rings is 2. The average Bonchev–Trinajstić information content (AvgIpc) is 3.26. The molecule has 4 aromatic rings. The third kappa shape index (κ3) is 12.6. The molecule has 0 aliphatic rings. The molecule has 0 nitrogen and oxygen atoms in total. The van der Waals surface area contributed by atoms with Crippen molar-refractivity contribution in [2.45, 2.75) is 26.2 Å². The molecule has 0 amide bonds. The average molecular weight is 509 g/mol. The topological polar surface area (TPSA) is 0 Å². The molecule has 0 unspecified atom stereocenters. The van der Waals surface area contributed by atoms with Crippen LogP contribution in [0.5, 0.6) is 0 Å². The van der Waals surface area contributed by atoms with E-state index in [9.17, 15) is 0 Å². The summed E-state index contributed by atoms with van der Waals surface area (Å²) in [4.78, 5) is 0. The standard InChI is InChI=1S/2C9H7.2C2H6Si.2ClH.Zr/c2*1-2-5-9-7-3-6-8(9)4-1;2*1-3-2;;;/h2*1-7H;2*1-2H3;2*1H;/q2*-1;;;;;+4/p-2. The van der Waals surface area contributed by atoms with Crippen molar-refractivity contribution < 1.29 is 51.0 Å². The van der Waals surface area contributed by atoms with Crippen molar-refractivity contribution >= 4 is 40.6 Å². The van der Waals surface area contributed by atoms with E-state index >= 15 is 0 Å². The third-order valence-electron chi connectivity index (χ3n) is 3.10. The monoisotopic (exact) mass is 506 g/mol. The van der Waals surface area contributed by atoms with Crippen molar-refractivity contribution in [3.63, 3.8) is 0 Å². The largest absolute Gasteiger partial charge is 4.00 e. The van der Waals surface area contributed by atoms with E-state index in [4.69, 9.17) is 0 Å². The van der Waals surface area contributed by atoms with Crippen molar-refractivity contribution in [2.24, 2.45) is 0 Å². The first-order valence-electron chi connectivity index (χ1n) is 8.14. The Kier molecular flexibility index (Phi) is 23.5. The second-order valence-electron chi connectivity index (χ2n) is 5.31. The Morgan fingerprint density at radius 1 is 0.556 bits per heavy atom. The van der Waals surface area contributed by atoms with Gasteiger partial charge < -0.3 is 24.8 Å². The molecule has 0 aliphatic heterocycles. The molecule has 0 saturated heterocycles. The number of halogens is 2. The molecule has 0 spiro atoms. The summed E-state index contributed by atoms with van der Waals surface area (Å²) in [6.45, 7) is 8.61. The molecular weight excluding hydrogens is 483 g/mol. The van der Waals surface area contributed by atoms with E-state index in [0.29, 0.717) is 0 Å². The summed E-state index contributed by atoms with van der Waals surface area (Å²) in [6, 6.07) is 29.3. The fourth-order valence-electron chi connectivity index (χ4n) is 2.14. The summed E-state index contributed by atoms with van der Waals surface area (Å²) >= 11 is 0. The first-order valence-corrected chi connectivity index (χ1v) is 12.1.